The predicted octanol–water partition coefficient (Wildman–Crippen LogP) is 3.93. The van der Waals surface area contributed by atoms with Gasteiger partial charge in [0.15, 0.2) is 0 Å². The topological polar surface area (TPSA) is 37.4 Å². The molecule has 0 unspecified atom stereocenters. The molecule has 0 aromatic heterocycles. The van der Waals surface area contributed by atoms with Gasteiger partial charge in [-0.25, -0.2) is 4.90 Å². The van der Waals surface area contributed by atoms with Gasteiger partial charge in [0, 0.05) is 12.2 Å². The fourth-order valence-corrected chi connectivity index (χ4v) is 2.24. The van der Waals surface area contributed by atoms with Gasteiger partial charge in [-0.2, -0.15) is 0 Å². The lowest BCUT2D eigenvalue weighted by atomic mass is 10.1. The molecule has 2 amide bonds. The molecule has 0 N–H and O–H groups in total. The minimum Gasteiger partial charge on any atom is -0.269 e. The number of rotatable bonds is 3. The van der Waals surface area contributed by atoms with Gasteiger partial charge in [-0.1, -0.05) is 56.3 Å². The van der Waals surface area contributed by atoms with Crippen molar-refractivity contribution < 1.29 is 9.59 Å². The van der Waals surface area contributed by atoms with E-state index in [2.05, 4.69) is 38.1 Å². The maximum absolute atomic E-state index is 11.2. The highest BCUT2D eigenvalue weighted by Gasteiger charge is 2.24. The van der Waals surface area contributed by atoms with E-state index in [4.69, 9.17) is 0 Å². The van der Waals surface area contributed by atoms with Crippen molar-refractivity contribution in [3.8, 4) is 0 Å². The minimum atomic E-state index is -0.281. The molecule has 0 saturated heterocycles. The van der Waals surface area contributed by atoms with Gasteiger partial charge in [0.25, 0.3) is 11.8 Å². The van der Waals surface area contributed by atoms with Crippen LogP contribution in [0.5, 0.6) is 0 Å². The summed E-state index contributed by atoms with van der Waals surface area (Å²) >= 11 is 0. The van der Waals surface area contributed by atoms with Crippen molar-refractivity contribution in [1.29, 1.82) is 0 Å². The van der Waals surface area contributed by atoms with Crippen molar-refractivity contribution in [3.05, 3.63) is 77.9 Å². The first kappa shape index (κ1) is 16.7. The zero-order valence-corrected chi connectivity index (χ0v) is 13.5. The maximum Gasteiger partial charge on any atom is 0.258 e. The first-order chi connectivity index (χ1) is 11.2. The van der Waals surface area contributed by atoms with Crippen LogP contribution in [0.3, 0.4) is 0 Å². The summed E-state index contributed by atoms with van der Waals surface area (Å²) in [5, 5.41) is 0. The summed E-state index contributed by atoms with van der Waals surface area (Å²) in [7, 11) is 0. The summed E-state index contributed by atoms with van der Waals surface area (Å²) in [5.74, 6) is -0.563. The van der Waals surface area contributed by atoms with Crippen molar-refractivity contribution in [2.24, 2.45) is 0 Å². The predicted molar refractivity (Wildman–Crippen MR) is 93.3 cm³/mol. The molecule has 0 bridgehead atoms. The molecule has 3 nitrogen and oxygen atoms in total. The molecular formula is C20H21NO2. The van der Waals surface area contributed by atoms with E-state index in [-0.39, 0.29) is 11.8 Å². The van der Waals surface area contributed by atoms with Crippen LogP contribution in [0.4, 0.5) is 5.69 Å². The van der Waals surface area contributed by atoms with Crippen LogP contribution in [-0.2, 0) is 22.4 Å². The zero-order chi connectivity index (χ0) is 16.7. The number of anilines is 1. The van der Waals surface area contributed by atoms with E-state index >= 15 is 0 Å². The van der Waals surface area contributed by atoms with Gasteiger partial charge in [-0.15, -0.1) is 0 Å². The number of nitrogens with zero attached hydrogens (tertiary/aromatic N) is 1. The molecule has 1 aliphatic rings. The van der Waals surface area contributed by atoms with E-state index in [1.54, 1.807) is 24.3 Å². The Bertz CT molecular complexity index is 646. The zero-order valence-electron chi connectivity index (χ0n) is 13.5. The number of para-hydroxylation sites is 1. The second-order valence-corrected chi connectivity index (χ2v) is 5.20. The van der Waals surface area contributed by atoms with Crippen molar-refractivity contribution in [3.63, 3.8) is 0 Å². The Morgan fingerprint density at radius 1 is 0.696 bits per heavy atom. The standard InChI is InChI=1S/C10H7NO2.C10H14/c12-9-6-7-10(13)11(9)8-4-2-1-3-5-8;1-3-9-5-7-10(4-2)8-6-9/h1-7H;5-8H,3-4H2,1-2H3. The van der Waals surface area contributed by atoms with Crippen molar-refractivity contribution in [1.82, 2.24) is 0 Å². The highest BCUT2D eigenvalue weighted by molar-refractivity contribution is 6.28. The summed E-state index contributed by atoms with van der Waals surface area (Å²) in [5.41, 5.74) is 3.47. The molecule has 118 valence electrons. The largest absolute Gasteiger partial charge is 0.269 e. The van der Waals surface area contributed by atoms with Gasteiger partial charge in [0.2, 0.25) is 0 Å². The van der Waals surface area contributed by atoms with Crippen LogP contribution in [-0.4, -0.2) is 11.8 Å². The summed E-state index contributed by atoms with van der Waals surface area (Å²) < 4.78 is 0. The average Bonchev–Trinajstić information content (AvgIpc) is 2.95. The van der Waals surface area contributed by atoms with Gasteiger partial charge in [0.05, 0.1) is 5.69 Å². The van der Waals surface area contributed by atoms with Gasteiger partial charge in [-0.05, 0) is 36.1 Å². The molecule has 0 radical (unpaired) electrons. The van der Waals surface area contributed by atoms with Gasteiger partial charge < -0.3 is 0 Å². The molecule has 0 saturated carbocycles. The number of hydrogen-bond acceptors (Lipinski definition) is 2. The van der Waals surface area contributed by atoms with Crippen LogP contribution in [0.15, 0.2) is 66.7 Å². The third kappa shape index (κ3) is 4.39. The Labute approximate surface area is 137 Å². The normalized spacial score (nSPS) is 13.0. The number of aryl methyl sites for hydroxylation is 2. The smallest absolute Gasteiger partial charge is 0.258 e. The number of carbonyl (C=O) groups is 2. The molecule has 2 aromatic carbocycles. The second-order valence-electron chi connectivity index (χ2n) is 5.20. The molecule has 0 fully saturated rings. The fraction of sp³-hybridized carbons (Fsp3) is 0.200. The van der Waals surface area contributed by atoms with Crippen molar-refractivity contribution in [2.75, 3.05) is 4.90 Å². The monoisotopic (exact) mass is 307 g/mol. The first-order valence-electron chi connectivity index (χ1n) is 7.84. The lowest BCUT2D eigenvalue weighted by Gasteiger charge is -2.12. The molecule has 0 aliphatic carbocycles. The van der Waals surface area contributed by atoms with Crippen molar-refractivity contribution >= 4 is 17.5 Å². The van der Waals surface area contributed by atoms with E-state index in [0.717, 1.165) is 17.7 Å². The van der Waals surface area contributed by atoms with Gasteiger partial charge in [-0.3, -0.25) is 9.59 Å². The Morgan fingerprint density at radius 2 is 1.13 bits per heavy atom. The van der Waals surface area contributed by atoms with Crippen LogP contribution < -0.4 is 4.90 Å². The van der Waals surface area contributed by atoms with Gasteiger partial charge >= 0.3 is 0 Å². The maximum atomic E-state index is 11.2. The third-order valence-corrected chi connectivity index (χ3v) is 3.66. The number of hydrogen-bond donors (Lipinski definition) is 0. The van der Waals surface area contributed by atoms with Crippen molar-refractivity contribution in [2.45, 2.75) is 26.7 Å². The number of benzene rings is 2. The quantitative estimate of drug-likeness (QED) is 0.806. The number of imide groups is 1. The first-order valence-corrected chi connectivity index (χ1v) is 7.84. The van der Waals surface area contributed by atoms with Crippen LogP contribution in [0, 0.1) is 0 Å². The Morgan fingerprint density at radius 3 is 1.52 bits per heavy atom. The Hall–Kier alpha value is -2.68. The molecule has 3 rings (SSSR count). The molecule has 3 heteroatoms. The Balaban J connectivity index is 0.000000174. The molecule has 0 spiro atoms. The molecule has 1 heterocycles. The summed E-state index contributed by atoms with van der Waals surface area (Å²) in [6.45, 7) is 4.36. The summed E-state index contributed by atoms with van der Waals surface area (Å²) in [6.07, 6.45) is 4.83. The molecule has 2 aromatic rings. The average molecular weight is 307 g/mol. The van der Waals surface area contributed by atoms with Crippen LogP contribution in [0.2, 0.25) is 0 Å². The van der Waals surface area contributed by atoms with E-state index in [1.165, 1.54) is 23.3 Å². The van der Waals surface area contributed by atoms with E-state index in [9.17, 15) is 9.59 Å². The third-order valence-electron chi connectivity index (χ3n) is 3.66. The fourth-order valence-electron chi connectivity index (χ4n) is 2.24. The summed E-state index contributed by atoms with van der Waals surface area (Å²) in [6, 6.07) is 17.7. The summed E-state index contributed by atoms with van der Waals surface area (Å²) in [4.78, 5) is 23.5. The van der Waals surface area contributed by atoms with E-state index in [1.807, 2.05) is 6.07 Å². The van der Waals surface area contributed by atoms with E-state index in [0.29, 0.717) is 5.69 Å². The van der Waals surface area contributed by atoms with Crippen LogP contribution in [0.1, 0.15) is 25.0 Å². The second kappa shape index (κ2) is 8.08. The highest BCUT2D eigenvalue weighted by atomic mass is 16.2. The lowest BCUT2D eigenvalue weighted by molar-refractivity contribution is -0.119. The SMILES string of the molecule is CCc1ccc(CC)cc1.O=C1C=CC(=O)N1c1ccccc1. The highest BCUT2D eigenvalue weighted by Crippen LogP contribution is 2.17. The van der Waals surface area contributed by atoms with Crippen LogP contribution >= 0.6 is 0 Å². The Kier molecular flexibility index (Phi) is 5.87. The molecular weight excluding hydrogens is 286 g/mol. The lowest BCUT2D eigenvalue weighted by Crippen LogP contribution is -2.29. The van der Waals surface area contributed by atoms with E-state index < -0.39 is 0 Å². The molecule has 23 heavy (non-hydrogen) atoms. The van der Waals surface area contributed by atoms with Gasteiger partial charge in [0.1, 0.15) is 0 Å². The molecule has 0 atom stereocenters. The number of carbonyl (C=O) groups excluding carboxylic acids is 2. The number of amides is 2. The minimum absolute atomic E-state index is 0.281. The van der Waals surface area contributed by atoms with Crippen LogP contribution in [0.25, 0.3) is 0 Å². The molecule has 1 aliphatic heterocycles.